The SMILES string of the molecule is CC[C@H](C)N(C(=O)COC(=O)c1csc2c1CC[C@@H](C)C2)[C@H]1CCS(=O)(=O)C1. The Kier molecular flexibility index (Phi) is 6.49. The molecule has 8 heteroatoms. The zero-order valence-corrected chi connectivity index (χ0v) is 18.4. The van der Waals surface area contributed by atoms with Crippen LogP contribution in [-0.4, -0.2) is 55.4 Å². The van der Waals surface area contributed by atoms with Crippen LogP contribution in [0.15, 0.2) is 5.38 Å². The second-order valence-electron chi connectivity index (χ2n) is 8.09. The van der Waals surface area contributed by atoms with E-state index in [1.165, 1.54) is 4.88 Å². The molecule has 1 aromatic rings. The summed E-state index contributed by atoms with van der Waals surface area (Å²) in [5, 5.41) is 1.84. The highest BCUT2D eigenvalue weighted by molar-refractivity contribution is 7.91. The number of carbonyl (C=O) groups excluding carboxylic acids is 2. The number of ether oxygens (including phenoxy) is 1. The van der Waals surface area contributed by atoms with Crippen molar-refractivity contribution in [3.05, 3.63) is 21.4 Å². The van der Waals surface area contributed by atoms with Gasteiger partial charge in [-0.1, -0.05) is 13.8 Å². The van der Waals surface area contributed by atoms with Crippen LogP contribution in [-0.2, 0) is 32.2 Å². The summed E-state index contributed by atoms with van der Waals surface area (Å²) < 4.78 is 29.0. The minimum Gasteiger partial charge on any atom is -0.452 e. The van der Waals surface area contributed by atoms with Crippen molar-refractivity contribution in [3.8, 4) is 0 Å². The zero-order valence-electron chi connectivity index (χ0n) is 16.8. The monoisotopic (exact) mass is 427 g/mol. The lowest BCUT2D eigenvalue weighted by atomic mass is 9.88. The van der Waals surface area contributed by atoms with E-state index in [1.807, 2.05) is 19.2 Å². The van der Waals surface area contributed by atoms with Crippen molar-refractivity contribution in [2.45, 2.75) is 65.0 Å². The number of fused-ring (bicyclic) bond motifs is 1. The first-order valence-electron chi connectivity index (χ1n) is 9.99. The first-order valence-corrected chi connectivity index (χ1v) is 12.7. The van der Waals surface area contributed by atoms with Gasteiger partial charge in [-0.2, -0.15) is 0 Å². The van der Waals surface area contributed by atoms with Gasteiger partial charge in [-0.15, -0.1) is 11.3 Å². The molecule has 2 heterocycles. The summed E-state index contributed by atoms with van der Waals surface area (Å²) in [6.45, 7) is 5.73. The van der Waals surface area contributed by atoms with Crippen molar-refractivity contribution in [1.29, 1.82) is 0 Å². The van der Waals surface area contributed by atoms with Crippen molar-refractivity contribution >= 4 is 33.1 Å². The van der Waals surface area contributed by atoms with Crippen LogP contribution in [0.5, 0.6) is 0 Å². The van der Waals surface area contributed by atoms with E-state index in [9.17, 15) is 18.0 Å². The predicted molar refractivity (Wildman–Crippen MR) is 109 cm³/mol. The Morgan fingerprint density at radius 3 is 2.75 bits per heavy atom. The standard InChI is InChI=1S/C20H29NO5S2/c1-4-14(3)21(15-7-8-28(24,25)12-15)19(22)10-26-20(23)17-11-27-18-9-13(2)5-6-16(17)18/h11,13-15H,4-10,12H2,1-3H3/t13-,14+,15+/m1/s1. The molecule has 6 nitrogen and oxygen atoms in total. The van der Waals surface area contributed by atoms with Crippen LogP contribution in [0.25, 0.3) is 0 Å². The van der Waals surface area contributed by atoms with E-state index >= 15 is 0 Å². The van der Waals surface area contributed by atoms with Gasteiger partial charge in [-0.25, -0.2) is 13.2 Å². The number of nitrogens with zero attached hydrogens (tertiary/aromatic N) is 1. The minimum absolute atomic E-state index is 0.00670. The topological polar surface area (TPSA) is 80.8 Å². The van der Waals surface area contributed by atoms with Gasteiger partial charge in [0.2, 0.25) is 0 Å². The zero-order chi connectivity index (χ0) is 20.5. The summed E-state index contributed by atoms with van der Waals surface area (Å²) in [5.41, 5.74) is 1.65. The van der Waals surface area contributed by atoms with Crippen LogP contribution in [0.2, 0.25) is 0 Å². The fraction of sp³-hybridized carbons (Fsp3) is 0.700. The molecule has 0 saturated carbocycles. The number of amides is 1. The molecule has 156 valence electrons. The smallest absolute Gasteiger partial charge is 0.339 e. The molecule has 0 aromatic carbocycles. The maximum atomic E-state index is 12.8. The summed E-state index contributed by atoms with van der Waals surface area (Å²) in [5.74, 6) is -0.0425. The Hall–Kier alpha value is -1.41. The van der Waals surface area contributed by atoms with E-state index in [0.29, 0.717) is 24.3 Å². The maximum absolute atomic E-state index is 12.8. The Morgan fingerprint density at radius 2 is 2.11 bits per heavy atom. The summed E-state index contributed by atoms with van der Waals surface area (Å²) >= 11 is 1.59. The van der Waals surface area contributed by atoms with Crippen LogP contribution in [0.1, 0.15) is 60.8 Å². The van der Waals surface area contributed by atoms with Crippen LogP contribution in [0.4, 0.5) is 0 Å². The van der Waals surface area contributed by atoms with Crippen molar-refractivity contribution in [3.63, 3.8) is 0 Å². The van der Waals surface area contributed by atoms with E-state index in [2.05, 4.69) is 6.92 Å². The lowest BCUT2D eigenvalue weighted by Crippen LogP contribution is -2.48. The molecule has 1 aromatic heterocycles. The molecule has 1 amide bonds. The molecule has 28 heavy (non-hydrogen) atoms. The predicted octanol–water partition coefficient (Wildman–Crippen LogP) is 2.84. The van der Waals surface area contributed by atoms with E-state index in [0.717, 1.165) is 24.8 Å². The van der Waals surface area contributed by atoms with Crippen molar-refractivity contribution in [2.75, 3.05) is 18.1 Å². The van der Waals surface area contributed by atoms with Crippen molar-refractivity contribution in [1.82, 2.24) is 4.90 Å². The summed E-state index contributed by atoms with van der Waals surface area (Å²) in [7, 11) is -3.10. The highest BCUT2D eigenvalue weighted by Crippen LogP contribution is 2.33. The average Bonchev–Trinajstić information content (AvgIpc) is 3.22. The molecule has 3 atom stereocenters. The highest BCUT2D eigenvalue weighted by atomic mass is 32.2. The third kappa shape index (κ3) is 4.59. The third-order valence-corrected chi connectivity index (χ3v) is 8.71. The molecule has 0 N–H and O–H groups in total. The highest BCUT2D eigenvalue weighted by Gasteiger charge is 2.37. The second-order valence-corrected chi connectivity index (χ2v) is 11.3. The summed E-state index contributed by atoms with van der Waals surface area (Å²) in [6, 6.07) is -0.429. The minimum atomic E-state index is -3.10. The van der Waals surface area contributed by atoms with Gasteiger partial charge in [0.15, 0.2) is 16.4 Å². The van der Waals surface area contributed by atoms with E-state index in [4.69, 9.17) is 4.74 Å². The lowest BCUT2D eigenvalue weighted by Gasteiger charge is -2.33. The number of sulfone groups is 1. The van der Waals surface area contributed by atoms with Crippen molar-refractivity contribution < 1.29 is 22.7 Å². The molecule has 1 fully saturated rings. The third-order valence-electron chi connectivity index (χ3n) is 5.90. The molecule has 1 aliphatic heterocycles. The van der Waals surface area contributed by atoms with E-state index in [-0.39, 0.29) is 36.1 Å². The lowest BCUT2D eigenvalue weighted by molar-refractivity contribution is -0.138. The number of carbonyl (C=O) groups is 2. The van der Waals surface area contributed by atoms with Gasteiger partial charge in [0.1, 0.15) is 0 Å². The molecule has 0 radical (unpaired) electrons. The number of rotatable bonds is 6. The first-order chi connectivity index (χ1) is 13.2. The van der Waals surface area contributed by atoms with Crippen LogP contribution in [0, 0.1) is 5.92 Å². The molecular formula is C20H29NO5S2. The fourth-order valence-corrected chi connectivity index (χ4v) is 7.07. The number of thiophene rings is 1. The van der Waals surface area contributed by atoms with Crippen LogP contribution in [0.3, 0.4) is 0 Å². The van der Waals surface area contributed by atoms with E-state index in [1.54, 1.807) is 16.2 Å². The van der Waals surface area contributed by atoms with Gasteiger partial charge in [-0.3, -0.25) is 4.79 Å². The van der Waals surface area contributed by atoms with Gasteiger partial charge in [-0.05, 0) is 50.5 Å². The Morgan fingerprint density at radius 1 is 1.36 bits per heavy atom. The molecule has 1 aliphatic carbocycles. The molecule has 0 unspecified atom stereocenters. The molecule has 3 rings (SSSR count). The summed E-state index contributed by atoms with van der Waals surface area (Å²) in [6.07, 6.45) is 4.08. The quantitative estimate of drug-likeness (QED) is 0.652. The first kappa shape index (κ1) is 21.3. The molecule has 1 saturated heterocycles. The number of hydrogen-bond acceptors (Lipinski definition) is 6. The Labute approximate surface area is 171 Å². The molecule has 2 aliphatic rings. The summed E-state index contributed by atoms with van der Waals surface area (Å²) in [4.78, 5) is 28.2. The van der Waals surface area contributed by atoms with Crippen LogP contribution < -0.4 is 0 Å². The van der Waals surface area contributed by atoms with Gasteiger partial charge in [0.25, 0.3) is 5.91 Å². The number of hydrogen-bond donors (Lipinski definition) is 0. The largest absolute Gasteiger partial charge is 0.452 e. The molecule has 0 bridgehead atoms. The van der Waals surface area contributed by atoms with Crippen LogP contribution >= 0.6 is 11.3 Å². The molecule has 0 spiro atoms. The molecular weight excluding hydrogens is 398 g/mol. The van der Waals surface area contributed by atoms with Gasteiger partial charge < -0.3 is 9.64 Å². The van der Waals surface area contributed by atoms with E-state index < -0.39 is 15.8 Å². The van der Waals surface area contributed by atoms with Gasteiger partial charge >= 0.3 is 5.97 Å². The Balaban J connectivity index is 1.65. The number of esters is 1. The van der Waals surface area contributed by atoms with Gasteiger partial charge in [0.05, 0.1) is 17.1 Å². The van der Waals surface area contributed by atoms with Gasteiger partial charge in [0, 0.05) is 22.3 Å². The second kappa shape index (κ2) is 8.53. The van der Waals surface area contributed by atoms with Crippen molar-refractivity contribution in [2.24, 2.45) is 5.92 Å². The fourth-order valence-electron chi connectivity index (χ4n) is 4.13. The maximum Gasteiger partial charge on any atom is 0.339 e. The normalized spacial score (nSPS) is 24.4. The Bertz CT molecular complexity index is 845. The average molecular weight is 428 g/mol.